The number of alkyl halides is 2. The molecule has 2 rings (SSSR count). The highest BCUT2D eigenvalue weighted by Gasteiger charge is 2.41. The number of aliphatic hydroxyl groups excluding tert-OH is 3. The zero-order valence-electron chi connectivity index (χ0n) is 10.7. The van der Waals surface area contributed by atoms with Gasteiger partial charge in [0.15, 0.2) is 6.35 Å². The van der Waals surface area contributed by atoms with Gasteiger partial charge in [0.2, 0.25) is 6.43 Å². The second-order valence-corrected chi connectivity index (χ2v) is 4.89. The summed E-state index contributed by atoms with van der Waals surface area (Å²) in [6.45, 7) is -0.276. The van der Waals surface area contributed by atoms with Gasteiger partial charge in [0.25, 0.3) is 0 Å². The molecule has 1 heterocycles. The van der Waals surface area contributed by atoms with Crippen LogP contribution in [-0.4, -0.2) is 58.3 Å². The SMILES string of the molecule is OC(Nc1ccccc1)N1C[C@@H](O)[C@H](O)[C@@H](C(F)F)C1. The van der Waals surface area contributed by atoms with Crippen LogP contribution in [0.25, 0.3) is 0 Å². The quantitative estimate of drug-likeness (QED) is 0.599. The molecule has 4 N–H and O–H groups in total. The average Bonchev–Trinajstić information content (AvgIpc) is 2.42. The maximum atomic E-state index is 12.8. The van der Waals surface area contributed by atoms with Gasteiger partial charge < -0.3 is 20.6 Å². The fourth-order valence-electron chi connectivity index (χ4n) is 2.29. The summed E-state index contributed by atoms with van der Waals surface area (Å²) in [4.78, 5) is 1.28. The van der Waals surface area contributed by atoms with E-state index in [1.165, 1.54) is 4.90 Å². The maximum absolute atomic E-state index is 12.8. The Hall–Kier alpha value is -1.28. The molecule has 1 fully saturated rings. The number of nitrogens with one attached hydrogen (secondary N) is 1. The molecule has 0 radical (unpaired) electrons. The third kappa shape index (κ3) is 3.43. The van der Waals surface area contributed by atoms with Gasteiger partial charge in [0.1, 0.15) is 0 Å². The topological polar surface area (TPSA) is 76.0 Å². The van der Waals surface area contributed by atoms with Crippen molar-refractivity contribution in [3.05, 3.63) is 30.3 Å². The smallest absolute Gasteiger partial charge is 0.245 e. The first-order valence-corrected chi connectivity index (χ1v) is 6.37. The number of nitrogens with zero attached hydrogens (tertiary/aromatic N) is 1. The van der Waals surface area contributed by atoms with E-state index in [0.717, 1.165) is 0 Å². The number of likely N-dealkylation sites (tertiary alicyclic amines) is 1. The molecule has 0 amide bonds. The van der Waals surface area contributed by atoms with E-state index >= 15 is 0 Å². The molecule has 112 valence electrons. The highest BCUT2D eigenvalue weighted by Crippen LogP contribution is 2.25. The van der Waals surface area contributed by atoms with Gasteiger partial charge in [-0.1, -0.05) is 18.2 Å². The largest absolute Gasteiger partial charge is 0.390 e. The summed E-state index contributed by atoms with van der Waals surface area (Å²) in [5, 5.41) is 31.9. The summed E-state index contributed by atoms with van der Waals surface area (Å²) >= 11 is 0. The molecule has 0 bridgehead atoms. The number of aliphatic hydroxyl groups is 3. The van der Waals surface area contributed by atoms with Crippen LogP contribution in [0.4, 0.5) is 14.5 Å². The normalized spacial score (nSPS) is 29.4. The lowest BCUT2D eigenvalue weighted by Gasteiger charge is -2.41. The Labute approximate surface area is 115 Å². The number of piperidine rings is 1. The van der Waals surface area contributed by atoms with Crippen LogP contribution in [0.3, 0.4) is 0 Å². The number of hydrogen-bond donors (Lipinski definition) is 4. The van der Waals surface area contributed by atoms with E-state index in [4.69, 9.17) is 0 Å². The van der Waals surface area contributed by atoms with Crippen LogP contribution in [0.5, 0.6) is 0 Å². The van der Waals surface area contributed by atoms with E-state index in [1.54, 1.807) is 24.3 Å². The van der Waals surface area contributed by atoms with Gasteiger partial charge in [-0.05, 0) is 12.1 Å². The zero-order valence-corrected chi connectivity index (χ0v) is 10.7. The lowest BCUT2D eigenvalue weighted by Crippen LogP contribution is -2.58. The van der Waals surface area contributed by atoms with Crippen LogP contribution in [0, 0.1) is 5.92 Å². The molecule has 1 aliphatic heterocycles. The molecular weight excluding hydrogens is 270 g/mol. The van der Waals surface area contributed by atoms with Crippen molar-refractivity contribution in [3.8, 4) is 0 Å². The van der Waals surface area contributed by atoms with Gasteiger partial charge in [0.05, 0.1) is 18.1 Å². The third-order valence-electron chi connectivity index (χ3n) is 3.44. The van der Waals surface area contributed by atoms with E-state index in [2.05, 4.69) is 5.32 Å². The molecule has 1 aromatic rings. The van der Waals surface area contributed by atoms with Crippen LogP contribution < -0.4 is 5.32 Å². The Bertz CT molecular complexity index is 421. The first-order chi connectivity index (χ1) is 9.49. The number of halogens is 2. The predicted octanol–water partition coefficient (Wildman–Crippen LogP) is 0.293. The third-order valence-corrected chi connectivity index (χ3v) is 3.44. The number of anilines is 1. The van der Waals surface area contributed by atoms with Gasteiger partial charge >= 0.3 is 0 Å². The van der Waals surface area contributed by atoms with Gasteiger partial charge in [-0.2, -0.15) is 0 Å². The minimum Gasteiger partial charge on any atom is -0.390 e. The highest BCUT2D eigenvalue weighted by molar-refractivity contribution is 5.42. The Morgan fingerprint density at radius 2 is 1.80 bits per heavy atom. The van der Waals surface area contributed by atoms with Crippen molar-refractivity contribution < 1.29 is 24.1 Å². The number of benzene rings is 1. The molecule has 7 heteroatoms. The first kappa shape index (κ1) is 15.1. The molecular formula is C13H18F2N2O3. The van der Waals surface area contributed by atoms with Crippen molar-refractivity contribution in [1.29, 1.82) is 0 Å². The van der Waals surface area contributed by atoms with E-state index < -0.39 is 30.9 Å². The van der Waals surface area contributed by atoms with Crippen molar-refractivity contribution in [3.63, 3.8) is 0 Å². The molecule has 0 saturated carbocycles. The Balaban J connectivity index is 2.01. The van der Waals surface area contributed by atoms with Gasteiger partial charge in [-0.15, -0.1) is 0 Å². The van der Waals surface area contributed by atoms with Crippen molar-refractivity contribution in [2.24, 2.45) is 5.92 Å². The van der Waals surface area contributed by atoms with Crippen molar-refractivity contribution in [2.75, 3.05) is 18.4 Å². The van der Waals surface area contributed by atoms with E-state index in [9.17, 15) is 24.1 Å². The van der Waals surface area contributed by atoms with Crippen molar-refractivity contribution in [2.45, 2.75) is 25.0 Å². The minimum atomic E-state index is -2.76. The Morgan fingerprint density at radius 3 is 2.40 bits per heavy atom. The Kier molecular flexibility index (Phi) is 4.87. The molecule has 20 heavy (non-hydrogen) atoms. The molecule has 4 atom stereocenters. The second-order valence-electron chi connectivity index (χ2n) is 4.89. The first-order valence-electron chi connectivity index (χ1n) is 6.37. The Morgan fingerprint density at radius 1 is 1.15 bits per heavy atom. The van der Waals surface area contributed by atoms with E-state index in [-0.39, 0.29) is 13.1 Å². The molecule has 1 aliphatic rings. The monoisotopic (exact) mass is 288 g/mol. The van der Waals surface area contributed by atoms with Gasteiger partial charge in [-0.25, -0.2) is 8.78 Å². The molecule has 1 saturated heterocycles. The molecule has 0 spiro atoms. The van der Waals surface area contributed by atoms with Gasteiger partial charge in [-0.3, -0.25) is 4.90 Å². The summed E-state index contributed by atoms with van der Waals surface area (Å²) in [6.07, 6.45) is -6.75. The molecule has 0 aromatic heterocycles. The number of para-hydroxylation sites is 1. The lowest BCUT2D eigenvalue weighted by atomic mass is 9.93. The summed E-state index contributed by atoms with van der Waals surface area (Å²) in [5.41, 5.74) is 0.634. The number of rotatable bonds is 4. The summed E-state index contributed by atoms with van der Waals surface area (Å²) < 4.78 is 25.6. The highest BCUT2D eigenvalue weighted by atomic mass is 19.3. The molecule has 5 nitrogen and oxygen atoms in total. The maximum Gasteiger partial charge on any atom is 0.245 e. The van der Waals surface area contributed by atoms with Crippen LogP contribution >= 0.6 is 0 Å². The minimum absolute atomic E-state index is 0.0780. The molecule has 1 unspecified atom stereocenters. The average molecular weight is 288 g/mol. The van der Waals surface area contributed by atoms with E-state index in [1.807, 2.05) is 6.07 Å². The van der Waals surface area contributed by atoms with Crippen LogP contribution in [0.2, 0.25) is 0 Å². The fraction of sp³-hybridized carbons (Fsp3) is 0.538. The second kappa shape index (κ2) is 6.45. The zero-order chi connectivity index (χ0) is 14.7. The fourth-order valence-corrected chi connectivity index (χ4v) is 2.29. The van der Waals surface area contributed by atoms with Gasteiger partial charge in [0, 0.05) is 18.8 Å². The lowest BCUT2D eigenvalue weighted by molar-refractivity contribution is -0.142. The molecule has 0 aliphatic carbocycles. The summed E-state index contributed by atoms with van der Waals surface area (Å²) in [5.74, 6) is -1.38. The standard InChI is InChI=1S/C13H18F2N2O3/c14-12(15)9-6-17(7-10(18)11(9)19)13(20)16-8-4-2-1-3-5-8/h1-5,9-13,16,18-20H,6-7H2/t9-,10+,11+,13?/m0/s1. The van der Waals surface area contributed by atoms with Crippen LogP contribution in [0.1, 0.15) is 0 Å². The van der Waals surface area contributed by atoms with Crippen molar-refractivity contribution >= 4 is 5.69 Å². The van der Waals surface area contributed by atoms with Crippen LogP contribution in [0.15, 0.2) is 30.3 Å². The predicted molar refractivity (Wildman–Crippen MR) is 69.2 cm³/mol. The van der Waals surface area contributed by atoms with E-state index in [0.29, 0.717) is 5.69 Å². The number of β-amino-alcohol motifs (C(OH)–C–C–N with tert-alkyl or cyclic N) is 1. The van der Waals surface area contributed by atoms with Crippen molar-refractivity contribution in [1.82, 2.24) is 4.90 Å². The summed E-state index contributed by atoms with van der Waals surface area (Å²) in [7, 11) is 0. The molecule has 1 aromatic carbocycles. The summed E-state index contributed by atoms with van der Waals surface area (Å²) in [6, 6.07) is 8.80. The number of hydrogen-bond acceptors (Lipinski definition) is 5. The van der Waals surface area contributed by atoms with Crippen LogP contribution in [-0.2, 0) is 0 Å².